The smallest absolute Gasteiger partial charge is 0.242 e. The summed E-state index contributed by atoms with van der Waals surface area (Å²) < 4.78 is 1.58. The molecule has 0 fully saturated rings. The number of hydrogen-bond donors (Lipinski definition) is 1. The summed E-state index contributed by atoms with van der Waals surface area (Å²) in [6, 6.07) is 0.214. The lowest BCUT2D eigenvalue weighted by Crippen LogP contribution is -2.35. The Hall–Kier alpha value is -1.39. The van der Waals surface area contributed by atoms with Crippen molar-refractivity contribution in [2.75, 3.05) is 0 Å². The third kappa shape index (κ3) is 2.83. The van der Waals surface area contributed by atoms with E-state index in [9.17, 15) is 4.79 Å². The van der Waals surface area contributed by atoms with E-state index in [1.807, 2.05) is 20.8 Å². The highest BCUT2D eigenvalue weighted by Crippen LogP contribution is 1.93. The van der Waals surface area contributed by atoms with E-state index < -0.39 is 0 Å². The minimum absolute atomic E-state index is 0.0204. The standard InChI is InChI=1S/C9H16N4O/c1-4-7(2)11-9(14)6-13-8(3)5-10-12-13/h5,7H,4,6H2,1-3H3,(H,11,14). The summed E-state index contributed by atoms with van der Waals surface area (Å²) in [5, 5.41) is 10.4. The topological polar surface area (TPSA) is 59.8 Å². The lowest BCUT2D eigenvalue weighted by Gasteiger charge is -2.11. The number of amides is 1. The normalized spacial score (nSPS) is 12.5. The van der Waals surface area contributed by atoms with Crippen molar-refractivity contribution in [3.63, 3.8) is 0 Å². The maximum absolute atomic E-state index is 11.4. The second-order valence-electron chi connectivity index (χ2n) is 3.41. The van der Waals surface area contributed by atoms with E-state index in [-0.39, 0.29) is 18.5 Å². The van der Waals surface area contributed by atoms with Gasteiger partial charge in [-0.15, -0.1) is 5.10 Å². The van der Waals surface area contributed by atoms with Gasteiger partial charge in [-0.3, -0.25) is 4.79 Å². The number of hydrogen-bond acceptors (Lipinski definition) is 3. The lowest BCUT2D eigenvalue weighted by molar-refractivity contribution is -0.122. The zero-order chi connectivity index (χ0) is 10.6. The number of carbonyl (C=O) groups is 1. The first-order valence-electron chi connectivity index (χ1n) is 4.78. The van der Waals surface area contributed by atoms with Crippen LogP contribution in [0.25, 0.3) is 0 Å². The van der Waals surface area contributed by atoms with Gasteiger partial charge in [-0.2, -0.15) is 0 Å². The second-order valence-corrected chi connectivity index (χ2v) is 3.41. The zero-order valence-corrected chi connectivity index (χ0v) is 8.82. The van der Waals surface area contributed by atoms with Crippen LogP contribution in [0, 0.1) is 6.92 Å². The fourth-order valence-electron chi connectivity index (χ4n) is 1.02. The van der Waals surface area contributed by atoms with Crippen LogP contribution in [0.1, 0.15) is 26.0 Å². The predicted octanol–water partition coefficient (Wildman–Crippen LogP) is 0.501. The minimum Gasteiger partial charge on any atom is -0.352 e. The van der Waals surface area contributed by atoms with E-state index in [0.29, 0.717) is 0 Å². The van der Waals surface area contributed by atoms with Crippen LogP contribution in [0.2, 0.25) is 0 Å². The summed E-state index contributed by atoms with van der Waals surface area (Å²) in [5.74, 6) is -0.0204. The number of carbonyl (C=O) groups excluding carboxylic acids is 1. The molecule has 5 heteroatoms. The summed E-state index contributed by atoms with van der Waals surface area (Å²) >= 11 is 0. The molecule has 0 aliphatic rings. The summed E-state index contributed by atoms with van der Waals surface area (Å²) in [6.07, 6.45) is 2.57. The molecule has 1 unspecified atom stereocenters. The molecule has 1 rings (SSSR count). The van der Waals surface area contributed by atoms with Crippen LogP contribution in [0.4, 0.5) is 0 Å². The minimum atomic E-state index is -0.0204. The van der Waals surface area contributed by atoms with Crippen molar-refractivity contribution in [3.8, 4) is 0 Å². The largest absolute Gasteiger partial charge is 0.352 e. The average Bonchev–Trinajstić information content (AvgIpc) is 2.51. The Morgan fingerprint density at radius 2 is 2.43 bits per heavy atom. The highest BCUT2D eigenvalue weighted by atomic mass is 16.2. The molecule has 0 aromatic carbocycles. The van der Waals surface area contributed by atoms with Crippen molar-refractivity contribution in [2.24, 2.45) is 0 Å². The number of rotatable bonds is 4. The molecule has 0 spiro atoms. The van der Waals surface area contributed by atoms with E-state index in [2.05, 4.69) is 15.6 Å². The molecular weight excluding hydrogens is 180 g/mol. The predicted molar refractivity (Wildman–Crippen MR) is 52.7 cm³/mol. The van der Waals surface area contributed by atoms with Crippen molar-refractivity contribution in [3.05, 3.63) is 11.9 Å². The molecule has 1 heterocycles. The fraction of sp³-hybridized carbons (Fsp3) is 0.667. The van der Waals surface area contributed by atoms with Crippen LogP contribution in [0.5, 0.6) is 0 Å². The van der Waals surface area contributed by atoms with Crippen LogP contribution in [-0.2, 0) is 11.3 Å². The Morgan fingerprint density at radius 3 is 2.93 bits per heavy atom. The number of nitrogens with one attached hydrogen (secondary N) is 1. The van der Waals surface area contributed by atoms with Crippen molar-refractivity contribution >= 4 is 5.91 Å². The Morgan fingerprint density at radius 1 is 1.71 bits per heavy atom. The van der Waals surface area contributed by atoms with Gasteiger partial charge < -0.3 is 5.32 Å². The molecule has 78 valence electrons. The van der Waals surface area contributed by atoms with E-state index >= 15 is 0 Å². The van der Waals surface area contributed by atoms with Gasteiger partial charge in [-0.25, -0.2) is 4.68 Å². The molecule has 0 aliphatic carbocycles. The van der Waals surface area contributed by atoms with Crippen molar-refractivity contribution in [1.82, 2.24) is 20.3 Å². The Labute approximate surface area is 83.5 Å². The van der Waals surface area contributed by atoms with Crippen molar-refractivity contribution < 1.29 is 4.79 Å². The SMILES string of the molecule is CCC(C)NC(=O)Cn1nncc1C. The molecule has 0 saturated carbocycles. The van der Waals surface area contributed by atoms with Gasteiger partial charge in [0.15, 0.2) is 0 Å². The van der Waals surface area contributed by atoms with Crippen LogP contribution in [0.3, 0.4) is 0 Å². The Bertz CT molecular complexity index is 308. The first-order valence-corrected chi connectivity index (χ1v) is 4.78. The monoisotopic (exact) mass is 196 g/mol. The van der Waals surface area contributed by atoms with Crippen LogP contribution >= 0.6 is 0 Å². The summed E-state index contributed by atoms with van der Waals surface area (Å²) in [4.78, 5) is 11.4. The molecule has 14 heavy (non-hydrogen) atoms. The molecular formula is C9H16N4O. The van der Waals surface area contributed by atoms with Gasteiger partial charge in [0.1, 0.15) is 6.54 Å². The van der Waals surface area contributed by atoms with Crippen molar-refractivity contribution in [1.29, 1.82) is 0 Å². The fourth-order valence-corrected chi connectivity index (χ4v) is 1.02. The number of aromatic nitrogens is 3. The first-order chi connectivity index (χ1) is 6.63. The van der Waals surface area contributed by atoms with Gasteiger partial charge in [0.2, 0.25) is 5.91 Å². The molecule has 1 N–H and O–H groups in total. The molecule has 0 radical (unpaired) electrons. The molecule has 1 aromatic heterocycles. The Balaban J connectivity index is 2.45. The van der Waals surface area contributed by atoms with Gasteiger partial charge in [0.05, 0.1) is 11.9 Å². The van der Waals surface area contributed by atoms with E-state index in [1.165, 1.54) is 0 Å². The van der Waals surface area contributed by atoms with Crippen LogP contribution in [0.15, 0.2) is 6.20 Å². The van der Waals surface area contributed by atoms with Crippen LogP contribution in [-0.4, -0.2) is 26.9 Å². The number of nitrogens with zero attached hydrogens (tertiary/aromatic N) is 3. The van der Waals surface area contributed by atoms with Gasteiger partial charge in [0.25, 0.3) is 0 Å². The molecule has 0 saturated heterocycles. The first kappa shape index (κ1) is 10.7. The summed E-state index contributed by atoms with van der Waals surface area (Å²) in [5.41, 5.74) is 0.893. The van der Waals surface area contributed by atoms with Gasteiger partial charge >= 0.3 is 0 Å². The highest BCUT2D eigenvalue weighted by molar-refractivity contribution is 5.75. The third-order valence-electron chi connectivity index (χ3n) is 2.12. The summed E-state index contributed by atoms with van der Waals surface area (Å²) in [6.45, 7) is 6.13. The summed E-state index contributed by atoms with van der Waals surface area (Å²) in [7, 11) is 0. The number of aryl methyl sites for hydroxylation is 1. The average molecular weight is 196 g/mol. The quantitative estimate of drug-likeness (QED) is 0.763. The highest BCUT2D eigenvalue weighted by Gasteiger charge is 2.07. The van der Waals surface area contributed by atoms with Gasteiger partial charge in [0, 0.05) is 6.04 Å². The van der Waals surface area contributed by atoms with Crippen molar-refractivity contribution in [2.45, 2.75) is 39.8 Å². The van der Waals surface area contributed by atoms with Gasteiger partial charge in [-0.1, -0.05) is 12.1 Å². The molecule has 1 atom stereocenters. The third-order valence-corrected chi connectivity index (χ3v) is 2.12. The van der Waals surface area contributed by atoms with Crippen LogP contribution < -0.4 is 5.32 Å². The molecule has 5 nitrogen and oxygen atoms in total. The Kier molecular flexibility index (Phi) is 3.62. The maximum atomic E-state index is 11.4. The van der Waals surface area contributed by atoms with E-state index in [1.54, 1.807) is 10.9 Å². The molecule has 1 amide bonds. The van der Waals surface area contributed by atoms with E-state index in [0.717, 1.165) is 12.1 Å². The molecule has 0 aliphatic heterocycles. The molecule has 1 aromatic rings. The lowest BCUT2D eigenvalue weighted by atomic mass is 10.2. The zero-order valence-electron chi connectivity index (χ0n) is 8.82. The molecule has 0 bridgehead atoms. The maximum Gasteiger partial charge on any atom is 0.242 e. The van der Waals surface area contributed by atoms with Gasteiger partial charge in [-0.05, 0) is 20.3 Å². The van der Waals surface area contributed by atoms with E-state index in [4.69, 9.17) is 0 Å². The second kappa shape index (κ2) is 4.74.